The van der Waals surface area contributed by atoms with Crippen LogP contribution in [0, 0.1) is 0 Å². The summed E-state index contributed by atoms with van der Waals surface area (Å²) in [6.45, 7) is 0.333. The van der Waals surface area contributed by atoms with E-state index in [0.29, 0.717) is 18.7 Å². The number of benzene rings is 1. The first-order valence-electron chi connectivity index (χ1n) is 6.14. The maximum Gasteiger partial charge on any atom is 0.240 e. The summed E-state index contributed by atoms with van der Waals surface area (Å²) in [5, 5.41) is 0. The van der Waals surface area contributed by atoms with Crippen LogP contribution < -0.4 is 9.46 Å². The lowest BCUT2D eigenvalue weighted by Gasteiger charge is -2.07. The van der Waals surface area contributed by atoms with Gasteiger partial charge in [-0.05, 0) is 42.3 Å². The van der Waals surface area contributed by atoms with Crippen molar-refractivity contribution in [2.75, 3.05) is 13.7 Å². The van der Waals surface area contributed by atoms with E-state index in [1.165, 1.54) is 19.2 Å². The molecule has 0 bridgehead atoms. The predicted molar refractivity (Wildman–Crippen MR) is 76.1 cm³/mol. The van der Waals surface area contributed by atoms with E-state index >= 15 is 0 Å². The third-order valence-electron chi connectivity index (χ3n) is 2.80. The molecule has 0 aliphatic heterocycles. The van der Waals surface area contributed by atoms with Gasteiger partial charge in [-0.15, -0.1) is 0 Å². The van der Waals surface area contributed by atoms with Crippen molar-refractivity contribution in [3.05, 3.63) is 54.4 Å². The first-order valence-corrected chi connectivity index (χ1v) is 7.63. The van der Waals surface area contributed by atoms with Crippen molar-refractivity contribution in [3.8, 4) is 5.75 Å². The highest BCUT2D eigenvalue weighted by molar-refractivity contribution is 7.89. The normalized spacial score (nSPS) is 11.2. The van der Waals surface area contributed by atoms with Gasteiger partial charge in [-0.2, -0.15) is 0 Å². The lowest BCUT2D eigenvalue weighted by atomic mass is 10.2. The van der Waals surface area contributed by atoms with E-state index in [0.717, 1.165) is 5.56 Å². The molecule has 0 radical (unpaired) electrons. The first-order chi connectivity index (χ1) is 9.62. The van der Waals surface area contributed by atoms with E-state index in [-0.39, 0.29) is 4.90 Å². The first kappa shape index (κ1) is 14.5. The zero-order valence-corrected chi connectivity index (χ0v) is 11.9. The minimum Gasteiger partial charge on any atom is -0.497 e. The van der Waals surface area contributed by atoms with Crippen LogP contribution in [0.2, 0.25) is 0 Å². The highest BCUT2D eigenvalue weighted by Crippen LogP contribution is 2.15. The summed E-state index contributed by atoms with van der Waals surface area (Å²) in [7, 11) is -1.94. The van der Waals surface area contributed by atoms with Crippen LogP contribution in [-0.2, 0) is 16.4 Å². The van der Waals surface area contributed by atoms with E-state index in [2.05, 4.69) is 9.71 Å². The molecule has 106 valence electrons. The van der Waals surface area contributed by atoms with Crippen molar-refractivity contribution in [1.82, 2.24) is 9.71 Å². The molecular weight excluding hydrogens is 276 g/mol. The summed E-state index contributed by atoms with van der Waals surface area (Å²) >= 11 is 0. The number of methoxy groups -OCH3 is 1. The van der Waals surface area contributed by atoms with Crippen molar-refractivity contribution in [2.45, 2.75) is 11.3 Å². The standard InChI is InChI=1S/C14H16N2O3S/c1-19-13-4-6-14(7-5-13)20(17,18)16-10-8-12-3-2-9-15-11-12/h2-7,9,11,16H,8,10H2,1H3. The number of hydrogen-bond acceptors (Lipinski definition) is 4. The molecule has 1 heterocycles. The average Bonchev–Trinajstić information content (AvgIpc) is 2.48. The van der Waals surface area contributed by atoms with E-state index in [4.69, 9.17) is 4.74 Å². The predicted octanol–water partition coefficient (Wildman–Crippen LogP) is 1.61. The topological polar surface area (TPSA) is 68.3 Å². The van der Waals surface area contributed by atoms with Crippen molar-refractivity contribution >= 4 is 10.0 Å². The summed E-state index contributed by atoms with van der Waals surface area (Å²) in [4.78, 5) is 4.21. The summed E-state index contributed by atoms with van der Waals surface area (Å²) in [6.07, 6.45) is 4.01. The van der Waals surface area contributed by atoms with Gasteiger partial charge >= 0.3 is 0 Å². The number of sulfonamides is 1. The molecule has 0 spiro atoms. The zero-order chi connectivity index (χ0) is 14.4. The summed E-state index contributed by atoms with van der Waals surface area (Å²) in [5.41, 5.74) is 0.991. The Bertz CT molecular complexity index is 640. The van der Waals surface area contributed by atoms with Crippen LogP contribution in [0.4, 0.5) is 0 Å². The molecule has 1 aromatic carbocycles. The van der Waals surface area contributed by atoms with Gasteiger partial charge in [-0.25, -0.2) is 13.1 Å². The van der Waals surface area contributed by atoms with Crippen LogP contribution in [0.25, 0.3) is 0 Å². The maximum atomic E-state index is 12.1. The van der Waals surface area contributed by atoms with E-state index in [9.17, 15) is 8.42 Å². The lowest BCUT2D eigenvalue weighted by molar-refractivity contribution is 0.414. The van der Waals surface area contributed by atoms with Crippen LogP contribution >= 0.6 is 0 Å². The quantitative estimate of drug-likeness (QED) is 0.878. The third kappa shape index (κ3) is 3.79. The van der Waals surface area contributed by atoms with Crippen LogP contribution in [0.1, 0.15) is 5.56 Å². The third-order valence-corrected chi connectivity index (χ3v) is 4.28. The smallest absolute Gasteiger partial charge is 0.240 e. The highest BCUT2D eigenvalue weighted by Gasteiger charge is 2.13. The Morgan fingerprint density at radius 1 is 1.20 bits per heavy atom. The molecule has 6 heteroatoms. The molecule has 0 saturated heterocycles. The van der Waals surface area contributed by atoms with Gasteiger partial charge in [0.1, 0.15) is 5.75 Å². The Labute approximate surface area is 118 Å². The summed E-state index contributed by atoms with van der Waals surface area (Å²) in [6, 6.07) is 10.0. The molecule has 0 saturated carbocycles. The summed E-state index contributed by atoms with van der Waals surface area (Å²) < 4.78 is 31.7. The second-order valence-electron chi connectivity index (χ2n) is 4.18. The monoisotopic (exact) mass is 292 g/mol. The number of rotatable bonds is 6. The number of hydrogen-bond donors (Lipinski definition) is 1. The molecule has 1 N–H and O–H groups in total. The molecule has 2 aromatic rings. The molecule has 2 rings (SSSR count). The molecule has 0 atom stereocenters. The molecule has 20 heavy (non-hydrogen) atoms. The van der Waals surface area contributed by atoms with Gasteiger partial charge in [-0.3, -0.25) is 4.98 Å². The Morgan fingerprint density at radius 2 is 1.95 bits per heavy atom. The minimum absolute atomic E-state index is 0.226. The summed E-state index contributed by atoms with van der Waals surface area (Å²) in [5.74, 6) is 0.624. The highest BCUT2D eigenvalue weighted by atomic mass is 32.2. The number of pyridine rings is 1. The second-order valence-corrected chi connectivity index (χ2v) is 5.95. The molecule has 1 aromatic heterocycles. The number of ether oxygens (including phenoxy) is 1. The Kier molecular flexibility index (Phi) is 4.70. The maximum absolute atomic E-state index is 12.1. The van der Waals surface area contributed by atoms with Crippen molar-refractivity contribution in [1.29, 1.82) is 0 Å². The fourth-order valence-electron chi connectivity index (χ4n) is 1.71. The number of aromatic nitrogens is 1. The van der Waals surface area contributed by atoms with E-state index < -0.39 is 10.0 Å². The molecule has 0 aliphatic carbocycles. The largest absolute Gasteiger partial charge is 0.497 e. The van der Waals surface area contributed by atoms with E-state index in [1.54, 1.807) is 24.5 Å². The van der Waals surface area contributed by atoms with Crippen LogP contribution in [0.5, 0.6) is 5.75 Å². The molecule has 5 nitrogen and oxygen atoms in total. The average molecular weight is 292 g/mol. The second kappa shape index (κ2) is 6.49. The molecule has 0 fully saturated rings. The number of nitrogens with one attached hydrogen (secondary N) is 1. The van der Waals surface area contributed by atoms with Gasteiger partial charge in [0.2, 0.25) is 10.0 Å². The number of nitrogens with zero attached hydrogens (tertiary/aromatic N) is 1. The molecule has 0 amide bonds. The Hall–Kier alpha value is -1.92. The van der Waals surface area contributed by atoms with Crippen molar-refractivity contribution < 1.29 is 13.2 Å². The van der Waals surface area contributed by atoms with Crippen LogP contribution in [0.15, 0.2) is 53.7 Å². The van der Waals surface area contributed by atoms with Gasteiger partial charge < -0.3 is 4.74 Å². The zero-order valence-electron chi connectivity index (χ0n) is 11.1. The van der Waals surface area contributed by atoms with Gasteiger partial charge in [0, 0.05) is 18.9 Å². The van der Waals surface area contributed by atoms with Crippen molar-refractivity contribution in [3.63, 3.8) is 0 Å². The fourth-order valence-corrected chi connectivity index (χ4v) is 2.75. The van der Waals surface area contributed by atoms with Crippen LogP contribution in [0.3, 0.4) is 0 Å². The molecule has 0 aliphatic rings. The van der Waals surface area contributed by atoms with Gasteiger partial charge in [0.15, 0.2) is 0 Å². The van der Waals surface area contributed by atoms with Crippen LogP contribution in [-0.4, -0.2) is 27.1 Å². The minimum atomic E-state index is -3.48. The Balaban J connectivity index is 1.96. The fraction of sp³-hybridized carbons (Fsp3) is 0.214. The van der Waals surface area contributed by atoms with Gasteiger partial charge in [0.25, 0.3) is 0 Å². The molecule has 0 unspecified atom stereocenters. The molecular formula is C14H16N2O3S. The van der Waals surface area contributed by atoms with Gasteiger partial charge in [0.05, 0.1) is 12.0 Å². The van der Waals surface area contributed by atoms with E-state index in [1.807, 2.05) is 12.1 Å². The van der Waals surface area contributed by atoms with Gasteiger partial charge in [-0.1, -0.05) is 6.07 Å². The SMILES string of the molecule is COc1ccc(S(=O)(=O)NCCc2cccnc2)cc1. The Morgan fingerprint density at radius 3 is 2.55 bits per heavy atom. The lowest BCUT2D eigenvalue weighted by Crippen LogP contribution is -2.25. The van der Waals surface area contributed by atoms with Crippen molar-refractivity contribution in [2.24, 2.45) is 0 Å².